The van der Waals surface area contributed by atoms with E-state index >= 15 is 0 Å². The first-order chi connectivity index (χ1) is 18.0. The molecule has 3 aromatic carbocycles. The van der Waals surface area contributed by atoms with Crippen LogP contribution >= 0.6 is 0 Å². The summed E-state index contributed by atoms with van der Waals surface area (Å²) >= 11 is 0. The molecule has 3 nitrogen and oxygen atoms in total. The lowest BCUT2D eigenvalue weighted by Crippen LogP contribution is -2.33. The minimum Gasteiger partial charge on any atom is -0.491 e. The van der Waals surface area contributed by atoms with Crippen LogP contribution in [-0.2, 0) is 19.1 Å². The number of hydrogen-bond donors (Lipinski definition) is 0. The number of carbonyl (C=O) groups is 1. The topological polar surface area (TPSA) is 29.5 Å². The van der Waals surface area contributed by atoms with E-state index < -0.39 is 52.2 Å². The third-order valence-electron chi connectivity index (χ3n) is 6.74. The number of amides is 1. The van der Waals surface area contributed by atoms with E-state index in [0.29, 0.717) is 29.7 Å². The lowest BCUT2D eigenvalue weighted by Gasteiger charge is -2.27. The maximum absolute atomic E-state index is 14.7. The third kappa shape index (κ3) is 5.95. The highest BCUT2D eigenvalue weighted by molar-refractivity contribution is 5.94. The van der Waals surface area contributed by atoms with Crippen LogP contribution in [0.25, 0.3) is 0 Å². The summed E-state index contributed by atoms with van der Waals surface area (Å²) in [5.74, 6) is -6.67. The van der Waals surface area contributed by atoms with Crippen molar-refractivity contribution in [2.75, 3.05) is 13.7 Å². The highest BCUT2D eigenvalue weighted by Gasteiger charge is 2.32. The third-order valence-corrected chi connectivity index (χ3v) is 6.74. The number of alkyl halides is 3. The molecule has 0 bridgehead atoms. The van der Waals surface area contributed by atoms with E-state index in [0.717, 1.165) is 36.8 Å². The first-order valence-electron chi connectivity index (χ1n) is 11.9. The molecular weight excluding hydrogens is 515 g/mol. The Morgan fingerprint density at radius 1 is 0.974 bits per heavy atom. The normalized spacial score (nSPS) is 13.8. The van der Waals surface area contributed by atoms with Gasteiger partial charge in [0.05, 0.1) is 12.7 Å². The molecule has 1 aliphatic rings. The fourth-order valence-electron chi connectivity index (χ4n) is 4.42. The molecule has 0 saturated heterocycles. The smallest absolute Gasteiger partial charge is 0.416 e. The van der Waals surface area contributed by atoms with Crippen LogP contribution in [0.15, 0.2) is 48.5 Å². The number of nitrogens with zero attached hydrogens (tertiary/aromatic N) is 1. The predicted octanol–water partition coefficient (Wildman–Crippen LogP) is 7.42. The highest BCUT2D eigenvalue weighted by Crippen LogP contribution is 2.36. The van der Waals surface area contributed by atoms with Crippen molar-refractivity contribution < 1.29 is 40.3 Å². The summed E-state index contributed by atoms with van der Waals surface area (Å²) in [6.45, 7) is -0.379. The molecule has 0 heterocycles. The molecule has 1 amide bonds. The van der Waals surface area contributed by atoms with Crippen LogP contribution in [0.5, 0.6) is 5.75 Å². The Hall–Kier alpha value is -3.56. The summed E-state index contributed by atoms with van der Waals surface area (Å²) in [7, 11) is 0.968. The van der Waals surface area contributed by atoms with Crippen molar-refractivity contribution in [3.8, 4) is 5.75 Å². The van der Waals surface area contributed by atoms with Crippen LogP contribution in [0.4, 0.5) is 30.7 Å². The van der Waals surface area contributed by atoms with E-state index in [1.165, 1.54) is 0 Å². The zero-order valence-electron chi connectivity index (χ0n) is 20.3. The van der Waals surface area contributed by atoms with E-state index in [1.807, 2.05) is 12.1 Å². The molecule has 0 N–H and O–H groups in total. The zero-order valence-corrected chi connectivity index (χ0v) is 20.3. The van der Waals surface area contributed by atoms with Crippen molar-refractivity contribution >= 4 is 5.91 Å². The van der Waals surface area contributed by atoms with Gasteiger partial charge in [0, 0.05) is 18.7 Å². The van der Waals surface area contributed by atoms with Crippen molar-refractivity contribution in [2.45, 2.75) is 44.3 Å². The fourth-order valence-corrected chi connectivity index (χ4v) is 4.42. The summed E-state index contributed by atoms with van der Waals surface area (Å²) < 4.78 is 101. The fraction of sp³-hybridized carbons (Fsp3) is 0.321. The Labute approximate surface area is 214 Å². The standard InChI is InChI=1S/C28H24F7NO2/c1-38-26-24(31)19(13-23(30)25(26)32)9-10-36(15-16-5-7-18(8-6-16)17-3-2-4-17)27(37)20-11-21(28(33,34)35)14-22(29)12-20/h5-8,11-14,17H,2-4,9-10,15H2,1H3. The quantitative estimate of drug-likeness (QED) is 0.220. The van der Waals surface area contributed by atoms with E-state index in [4.69, 9.17) is 0 Å². The van der Waals surface area contributed by atoms with Gasteiger partial charge in [0.15, 0.2) is 17.4 Å². The van der Waals surface area contributed by atoms with Gasteiger partial charge >= 0.3 is 6.18 Å². The van der Waals surface area contributed by atoms with Crippen molar-refractivity contribution in [1.29, 1.82) is 0 Å². The average molecular weight is 539 g/mol. The molecule has 3 aromatic rings. The van der Waals surface area contributed by atoms with E-state index in [1.54, 1.807) is 12.1 Å². The number of methoxy groups -OCH3 is 1. The van der Waals surface area contributed by atoms with E-state index in [-0.39, 0.29) is 31.1 Å². The molecule has 4 rings (SSSR count). The Kier molecular flexibility index (Phi) is 7.99. The average Bonchev–Trinajstić information content (AvgIpc) is 2.83. The van der Waals surface area contributed by atoms with Crippen LogP contribution in [0.2, 0.25) is 0 Å². The molecule has 38 heavy (non-hydrogen) atoms. The molecule has 0 unspecified atom stereocenters. The predicted molar refractivity (Wildman–Crippen MR) is 126 cm³/mol. The van der Waals surface area contributed by atoms with Gasteiger partial charge in [0.2, 0.25) is 5.82 Å². The summed E-state index contributed by atoms with van der Waals surface area (Å²) in [6, 6.07) is 9.52. The summed E-state index contributed by atoms with van der Waals surface area (Å²) in [5, 5.41) is 0. The summed E-state index contributed by atoms with van der Waals surface area (Å²) in [5.41, 5.74) is -0.408. The highest BCUT2D eigenvalue weighted by atomic mass is 19.4. The molecule has 202 valence electrons. The summed E-state index contributed by atoms with van der Waals surface area (Å²) in [6.07, 6.45) is -1.90. The number of halogens is 7. The first-order valence-corrected chi connectivity index (χ1v) is 11.9. The molecular formula is C28H24F7NO2. The second kappa shape index (κ2) is 11.0. The zero-order chi connectivity index (χ0) is 27.6. The Morgan fingerprint density at radius 3 is 2.24 bits per heavy atom. The van der Waals surface area contributed by atoms with E-state index in [9.17, 15) is 35.5 Å². The van der Waals surface area contributed by atoms with Gasteiger partial charge in [-0.15, -0.1) is 0 Å². The molecule has 0 aliphatic heterocycles. The van der Waals surface area contributed by atoms with Crippen molar-refractivity contribution in [1.82, 2.24) is 4.90 Å². The number of ether oxygens (including phenoxy) is 1. The molecule has 1 fully saturated rings. The van der Waals surface area contributed by atoms with Crippen molar-refractivity contribution in [2.24, 2.45) is 0 Å². The first kappa shape index (κ1) is 27.5. The maximum Gasteiger partial charge on any atom is 0.416 e. The van der Waals surface area contributed by atoms with Gasteiger partial charge in [0.1, 0.15) is 5.82 Å². The number of hydrogen-bond acceptors (Lipinski definition) is 2. The second-order valence-electron chi connectivity index (χ2n) is 9.25. The number of rotatable bonds is 8. The van der Waals surface area contributed by atoms with Crippen LogP contribution in [0, 0.1) is 23.3 Å². The maximum atomic E-state index is 14.7. The summed E-state index contributed by atoms with van der Waals surface area (Å²) in [4.78, 5) is 14.4. The van der Waals surface area contributed by atoms with E-state index in [2.05, 4.69) is 4.74 Å². The van der Waals surface area contributed by atoms with Gasteiger partial charge in [-0.3, -0.25) is 4.79 Å². The molecule has 0 spiro atoms. The minimum atomic E-state index is -4.88. The van der Waals surface area contributed by atoms with Gasteiger partial charge in [-0.05, 0) is 66.1 Å². The van der Waals surface area contributed by atoms with Gasteiger partial charge in [-0.25, -0.2) is 13.2 Å². The Bertz CT molecular complexity index is 1320. The van der Waals surface area contributed by atoms with Gasteiger partial charge in [-0.2, -0.15) is 17.6 Å². The minimum absolute atomic E-state index is 0.0932. The van der Waals surface area contributed by atoms with Crippen molar-refractivity contribution in [3.63, 3.8) is 0 Å². The van der Waals surface area contributed by atoms with Crippen LogP contribution in [0.3, 0.4) is 0 Å². The molecule has 1 saturated carbocycles. The SMILES string of the molecule is COc1c(F)c(F)cc(CCN(Cc2ccc(C3CCC3)cc2)C(=O)c2cc(F)cc(C(F)(F)F)c2)c1F. The van der Waals surface area contributed by atoms with Gasteiger partial charge in [0.25, 0.3) is 5.91 Å². The van der Waals surface area contributed by atoms with Gasteiger partial charge in [-0.1, -0.05) is 30.7 Å². The molecule has 0 atom stereocenters. The molecule has 0 aromatic heterocycles. The molecule has 1 aliphatic carbocycles. The van der Waals surface area contributed by atoms with Crippen LogP contribution in [-0.4, -0.2) is 24.5 Å². The Morgan fingerprint density at radius 2 is 1.66 bits per heavy atom. The lowest BCUT2D eigenvalue weighted by atomic mass is 9.80. The van der Waals surface area contributed by atoms with Crippen LogP contribution in [0.1, 0.15) is 57.8 Å². The number of benzene rings is 3. The second-order valence-corrected chi connectivity index (χ2v) is 9.25. The number of carbonyl (C=O) groups excluding carboxylic acids is 1. The monoisotopic (exact) mass is 539 g/mol. The lowest BCUT2D eigenvalue weighted by molar-refractivity contribution is -0.137. The van der Waals surface area contributed by atoms with Gasteiger partial charge < -0.3 is 9.64 Å². The Balaban J connectivity index is 1.64. The molecule has 10 heteroatoms. The van der Waals surface area contributed by atoms with Crippen molar-refractivity contribution in [3.05, 3.63) is 99.6 Å². The molecule has 0 radical (unpaired) electrons. The largest absolute Gasteiger partial charge is 0.491 e. The van der Waals surface area contributed by atoms with Crippen LogP contribution < -0.4 is 4.74 Å².